The molecule has 1 aliphatic carbocycles. The summed E-state index contributed by atoms with van der Waals surface area (Å²) >= 11 is 0. The number of hydrogen-bond donors (Lipinski definition) is 3. The van der Waals surface area contributed by atoms with Crippen LogP contribution in [0.25, 0.3) is 0 Å². The second-order valence-electron chi connectivity index (χ2n) is 12.7. The highest BCUT2D eigenvalue weighted by Crippen LogP contribution is 2.33. The Morgan fingerprint density at radius 3 is 2.04 bits per heavy atom. The molecule has 0 saturated carbocycles. The molecule has 0 radical (unpaired) electrons. The fourth-order valence-corrected chi connectivity index (χ4v) is 7.19. The van der Waals surface area contributed by atoms with Gasteiger partial charge in [0.25, 0.3) is 0 Å². The number of carbonyl (C=O) groups is 2. The standard InChI is InChI=1S/C39H42N2O4/c42-34(26-41-33(22-29-16-8-3-9-17-29)23-32(39(41)45)21-28-14-6-2-7-15-28)24-31(20-27-12-4-1-5-13-27)38(44)40-37-35-19-11-10-18-30(35)25-36(37)43/h1-19,31-34,36-37,42-43H,20-26H2,(H,40,44)/t31-,32-,33+,34+,36-,37?/m1/s1. The number of aliphatic hydroxyl groups excluding tert-OH is 2. The van der Waals surface area contributed by atoms with E-state index in [0.717, 1.165) is 40.7 Å². The molecule has 0 aromatic heterocycles. The van der Waals surface area contributed by atoms with E-state index in [4.69, 9.17) is 0 Å². The molecule has 1 fully saturated rings. The monoisotopic (exact) mass is 602 g/mol. The van der Waals surface area contributed by atoms with E-state index in [1.54, 1.807) is 0 Å². The Morgan fingerprint density at radius 2 is 1.38 bits per heavy atom. The minimum Gasteiger partial charge on any atom is -0.391 e. The number of fused-ring (bicyclic) bond motifs is 1. The number of β-amino-alcohol motifs (C(OH)–C–C–N with tert-alkyl or cyclic N) is 1. The zero-order valence-corrected chi connectivity index (χ0v) is 25.5. The second-order valence-corrected chi connectivity index (χ2v) is 12.7. The van der Waals surface area contributed by atoms with E-state index in [1.807, 2.05) is 95.9 Å². The number of rotatable bonds is 12. The SMILES string of the molecule is O=C(NC1c2ccccc2C[C@H]1O)[C@H](Cc1ccccc1)C[C@H](O)CN1C(=O)[C@H](Cc2ccccc2)C[C@@H]1Cc1ccccc1. The van der Waals surface area contributed by atoms with Gasteiger partial charge < -0.3 is 20.4 Å². The van der Waals surface area contributed by atoms with Crippen molar-refractivity contribution < 1.29 is 19.8 Å². The molecule has 6 rings (SSSR count). The molecule has 0 bridgehead atoms. The van der Waals surface area contributed by atoms with Gasteiger partial charge in [0.15, 0.2) is 0 Å². The largest absolute Gasteiger partial charge is 0.391 e. The lowest BCUT2D eigenvalue weighted by Gasteiger charge is -2.29. The summed E-state index contributed by atoms with van der Waals surface area (Å²) in [6, 6.07) is 37.4. The summed E-state index contributed by atoms with van der Waals surface area (Å²) in [4.78, 5) is 29.6. The van der Waals surface area contributed by atoms with Gasteiger partial charge in [0, 0.05) is 30.8 Å². The molecule has 2 amide bonds. The zero-order chi connectivity index (χ0) is 31.2. The molecule has 2 aliphatic rings. The van der Waals surface area contributed by atoms with Gasteiger partial charge in [0.2, 0.25) is 11.8 Å². The number of benzene rings is 4. The first-order valence-electron chi connectivity index (χ1n) is 16.1. The average molecular weight is 603 g/mol. The van der Waals surface area contributed by atoms with E-state index >= 15 is 0 Å². The number of likely N-dealkylation sites (tertiary alicyclic amines) is 1. The molecule has 0 spiro atoms. The molecule has 6 nitrogen and oxygen atoms in total. The maximum atomic E-state index is 13.8. The Labute approximate surface area is 265 Å². The summed E-state index contributed by atoms with van der Waals surface area (Å²) < 4.78 is 0. The van der Waals surface area contributed by atoms with Crippen LogP contribution in [-0.4, -0.2) is 51.7 Å². The molecule has 3 N–H and O–H groups in total. The Hall–Kier alpha value is -4.26. The van der Waals surface area contributed by atoms with Gasteiger partial charge in [-0.2, -0.15) is 0 Å². The van der Waals surface area contributed by atoms with Crippen molar-refractivity contribution in [3.63, 3.8) is 0 Å². The number of carbonyl (C=O) groups excluding carboxylic acids is 2. The summed E-state index contributed by atoms with van der Waals surface area (Å²) in [6.07, 6.45) is 1.68. The van der Waals surface area contributed by atoms with Crippen LogP contribution in [0.2, 0.25) is 0 Å². The van der Waals surface area contributed by atoms with Gasteiger partial charge in [0.05, 0.1) is 18.2 Å². The van der Waals surface area contributed by atoms with Crippen molar-refractivity contribution in [3.05, 3.63) is 143 Å². The third-order valence-corrected chi connectivity index (χ3v) is 9.43. The topological polar surface area (TPSA) is 89.9 Å². The predicted molar refractivity (Wildman–Crippen MR) is 175 cm³/mol. The molecule has 232 valence electrons. The lowest BCUT2D eigenvalue weighted by Crippen LogP contribution is -2.43. The number of hydrogen-bond acceptors (Lipinski definition) is 4. The van der Waals surface area contributed by atoms with E-state index in [-0.39, 0.29) is 36.7 Å². The molecule has 4 aromatic rings. The van der Waals surface area contributed by atoms with Gasteiger partial charge in [0.1, 0.15) is 0 Å². The van der Waals surface area contributed by atoms with E-state index < -0.39 is 24.2 Å². The van der Waals surface area contributed by atoms with E-state index in [9.17, 15) is 19.8 Å². The smallest absolute Gasteiger partial charge is 0.226 e. The van der Waals surface area contributed by atoms with Gasteiger partial charge >= 0.3 is 0 Å². The lowest BCUT2D eigenvalue weighted by molar-refractivity contribution is -0.133. The minimum atomic E-state index is -0.886. The van der Waals surface area contributed by atoms with Crippen LogP contribution in [0.4, 0.5) is 0 Å². The van der Waals surface area contributed by atoms with Crippen LogP contribution in [0.1, 0.15) is 46.7 Å². The third-order valence-electron chi connectivity index (χ3n) is 9.43. The Bertz CT molecular complexity index is 1560. The van der Waals surface area contributed by atoms with Crippen LogP contribution in [0, 0.1) is 11.8 Å². The van der Waals surface area contributed by atoms with Crippen molar-refractivity contribution in [2.75, 3.05) is 6.54 Å². The van der Waals surface area contributed by atoms with E-state index in [1.165, 1.54) is 0 Å². The van der Waals surface area contributed by atoms with Crippen molar-refractivity contribution in [1.82, 2.24) is 10.2 Å². The molecular weight excluding hydrogens is 560 g/mol. The summed E-state index contributed by atoms with van der Waals surface area (Å²) in [5.74, 6) is -0.823. The van der Waals surface area contributed by atoms with Crippen LogP contribution in [-0.2, 0) is 35.3 Å². The Morgan fingerprint density at radius 1 is 0.800 bits per heavy atom. The van der Waals surface area contributed by atoms with Crippen LogP contribution >= 0.6 is 0 Å². The quantitative estimate of drug-likeness (QED) is 0.211. The average Bonchev–Trinajstić information content (AvgIpc) is 3.52. The number of amides is 2. The normalized spacial score (nSPS) is 22.2. The fraction of sp³-hybridized carbons (Fsp3) is 0.333. The predicted octanol–water partition coefficient (Wildman–Crippen LogP) is 5.07. The van der Waals surface area contributed by atoms with E-state index in [0.29, 0.717) is 19.3 Å². The first-order chi connectivity index (χ1) is 21.9. The summed E-state index contributed by atoms with van der Waals surface area (Å²) in [5.41, 5.74) is 5.27. The number of nitrogens with one attached hydrogen (secondary N) is 1. The van der Waals surface area contributed by atoms with Gasteiger partial charge in [-0.15, -0.1) is 0 Å². The highest BCUT2D eigenvalue weighted by Gasteiger charge is 2.41. The number of nitrogens with zero attached hydrogens (tertiary/aromatic N) is 1. The molecule has 1 saturated heterocycles. The van der Waals surface area contributed by atoms with Crippen LogP contribution < -0.4 is 5.32 Å². The summed E-state index contributed by atoms with van der Waals surface area (Å²) in [7, 11) is 0. The fourth-order valence-electron chi connectivity index (χ4n) is 7.19. The second kappa shape index (κ2) is 14.2. The minimum absolute atomic E-state index is 0.0326. The maximum absolute atomic E-state index is 13.8. The Kier molecular flexibility index (Phi) is 9.72. The highest BCUT2D eigenvalue weighted by atomic mass is 16.3. The van der Waals surface area contributed by atoms with E-state index in [2.05, 4.69) is 29.6 Å². The first kappa shape index (κ1) is 30.8. The Balaban J connectivity index is 1.18. The molecule has 45 heavy (non-hydrogen) atoms. The zero-order valence-electron chi connectivity index (χ0n) is 25.5. The summed E-state index contributed by atoms with van der Waals surface area (Å²) in [6.45, 7) is 0.176. The van der Waals surface area contributed by atoms with Gasteiger partial charge in [-0.1, -0.05) is 115 Å². The molecule has 1 unspecified atom stereocenters. The molecule has 6 atom stereocenters. The highest BCUT2D eigenvalue weighted by molar-refractivity contribution is 5.82. The third kappa shape index (κ3) is 7.52. The van der Waals surface area contributed by atoms with Gasteiger partial charge in [-0.05, 0) is 59.9 Å². The lowest BCUT2D eigenvalue weighted by atomic mass is 9.91. The molecule has 1 heterocycles. The number of aliphatic hydroxyl groups is 2. The first-order valence-corrected chi connectivity index (χ1v) is 16.1. The van der Waals surface area contributed by atoms with Crippen molar-refractivity contribution >= 4 is 11.8 Å². The van der Waals surface area contributed by atoms with Gasteiger partial charge in [-0.25, -0.2) is 0 Å². The van der Waals surface area contributed by atoms with Crippen molar-refractivity contribution in [1.29, 1.82) is 0 Å². The van der Waals surface area contributed by atoms with Crippen LogP contribution in [0.3, 0.4) is 0 Å². The van der Waals surface area contributed by atoms with Crippen LogP contribution in [0.5, 0.6) is 0 Å². The van der Waals surface area contributed by atoms with Gasteiger partial charge in [-0.3, -0.25) is 9.59 Å². The van der Waals surface area contributed by atoms with Crippen molar-refractivity contribution in [2.45, 2.75) is 62.8 Å². The van der Waals surface area contributed by atoms with Crippen molar-refractivity contribution in [2.24, 2.45) is 11.8 Å². The molecular formula is C39H42N2O4. The molecule has 4 aromatic carbocycles. The summed E-state index contributed by atoms with van der Waals surface area (Å²) in [5, 5.41) is 25.4. The molecule has 1 aliphatic heterocycles. The van der Waals surface area contributed by atoms with Crippen LogP contribution in [0.15, 0.2) is 115 Å². The molecule has 6 heteroatoms. The maximum Gasteiger partial charge on any atom is 0.226 e. The van der Waals surface area contributed by atoms with Crippen molar-refractivity contribution in [3.8, 4) is 0 Å².